The van der Waals surface area contributed by atoms with E-state index in [1.807, 2.05) is 37.7 Å². The lowest BCUT2D eigenvalue weighted by atomic mass is 9.95. The highest BCUT2D eigenvalue weighted by atomic mass is 79.9. The first-order valence-electron chi connectivity index (χ1n) is 7.24. The highest BCUT2D eigenvalue weighted by molar-refractivity contribution is 9.10. The van der Waals surface area contributed by atoms with Crippen molar-refractivity contribution in [2.24, 2.45) is 0 Å². The number of unbranched alkanes of at least 4 members (excludes halogenated alkanes) is 1. The third-order valence-corrected chi connectivity index (χ3v) is 5.48. The van der Waals surface area contributed by atoms with Crippen LogP contribution in [0.15, 0.2) is 33.6 Å². The molecule has 0 spiro atoms. The molecule has 0 aliphatic heterocycles. The Morgan fingerprint density at radius 3 is 2.71 bits per heavy atom. The van der Waals surface area contributed by atoms with Crippen LogP contribution in [0.2, 0.25) is 0 Å². The normalized spacial score (nSPS) is 13.7. The molecule has 118 valence electrons. The molecule has 1 atom stereocenters. The number of rotatable bonds is 9. The van der Waals surface area contributed by atoms with Gasteiger partial charge in [-0.2, -0.15) is 0 Å². The molecule has 0 saturated heterocycles. The molecule has 1 aromatic rings. The number of hydrogen-bond acceptors (Lipinski definition) is 4. The number of benzene rings is 1. The minimum atomic E-state index is -0.568. The van der Waals surface area contributed by atoms with Crippen LogP contribution < -0.4 is 5.32 Å². The molecule has 0 saturated carbocycles. The molecule has 0 bridgehead atoms. The van der Waals surface area contributed by atoms with Gasteiger partial charge in [-0.3, -0.25) is 4.79 Å². The smallest absolute Gasteiger partial charge is 0.325 e. The Kier molecular flexibility index (Phi) is 8.37. The van der Waals surface area contributed by atoms with E-state index in [0.717, 1.165) is 36.0 Å². The fourth-order valence-corrected chi connectivity index (χ4v) is 3.78. The standard InChI is InChI=1S/C16H24BrNO2S/c1-4-18-16(2,15(19)20-3)11-7-8-12-21-14-10-6-5-9-13(14)17/h5-6,9-10,18H,4,7-8,11-12H2,1-3H3. The topological polar surface area (TPSA) is 38.3 Å². The molecule has 1 N–H and O–H groups in total. The fraction of sp³-hybridized carbons (Fsp3) is 0.562. The van der Waals surface area contributed by atoms with Crippen molar-refractivity contribution in [1.29, 1.82) is 0 Å². The molecule has 0 heterocycles. The summed E-state index contributed by atoms with van der Waals surface area (Å²) in [5.74, 6) is 0.870. The summed E-state index contributed by atoms with van der Waals surface area (Å²) in [5, 5.41) is 3.24. The first-order chi connectivity index (χ1) is 10.0. The van der Waals surface area contributed by atoms with E-state index in [4.69, 9.17) is 4.74 Å². The van der Waals surface area contributed by atoms with Crippen molar-refractivity contribution in [2.45, 2.75) is 43.5 Å². The van der Waals surface area contributed by atoms with Crippen molar-refractivity contribution in [3.8, 4) is 0 Å². The highest BCUT2D eigenvalue weighted by Gasteiger charge is 2.32. The Morgan fingerprint density at radius 2 is 2.10 bits per heavy atom. The van der Waals surface area contributed by atoms with Crippen LogP contribution in [-0.4, -0.2) is 30.9 Å². The van der Waals surface area contributed by atoms with Crippen LogP contribution in [0.3, 0.4) is 0 Å². The zero-order valence-corrected chi connectivity index (χ0v) is 15.4. The van der Waals surface area contributed by atoms with Gasteiger partial charge in [-0.25, -0.2) is 0 Å². The summed E-state index contributed by atoms with van der Waals surface area (Å²) < 4.78 is 6.04. The fourth-order valence-electron chi connectivity index (χ4n) is 2.20. The second kappa shape index (κ2) is 9.49. The zero-order valence-electron chi connectivity index (χ0n) is 12.9. The third kappa shape index (κ3) is 6.01. The predicted molar refractivity (Wildman–Crippen MR) is 92.8 cm³/mol. The van der Waals surface area contributed by atoms with Gasteiger partial charge in [0.1, 0.15) is 5.54 Å². The quantitative estimate of drug-likeness (QED) is 0.398. The van der Waals surface area contributed by atoms with Gasteiger partial charge in [-0.1, -0.05) is 25.5 Å². The molecule has 5 heteroatoms. The van der Waals surface area contributed by atoms with Crippen LogP contribution in [0.1, 0.15) is 33.1 Å². The molecule has 1 aromatic carbocycles. The summed E-state index contributed by atoms with van der Waals surface area (Å²) in [4.78, 5) is 13.1. The Morgan fingerprint density at radius 1 is 1.38 bits per heavy atom. The minimum Gasteiger partial charge on any atom is -0.468 e. The van der Waals surface area contributed by atoms with E-state index in [9.17, 15) is 4.79 Å². The summed E-state index contributed by atoms with van der Waals surface area (Å²) >= 11 is 5.40. The number of ether oxygens (including phenoxy) is 1. The number of carbonyl (C=O) groups is 1. The van der Waals surface area contributed by atoms with Crippen LogP contribution in [-0.2, 0) is 9.53 Å². The summed E-state index contributed by atoms with van der Waals surface area (Å²) in [6, 6.07) is 8.24. The maximum absolute atomic E-state index is 11.9. The molecule has 1 unspecified atom stereocenters. The summed E-state index contributed by atoms with van der Waals surface area (Å²) in [6.45, 7) is 4.69. The number of carbonyl (C=O) groups excluding carboxylic acids is 1. The molecular weight excluding hydrogens is 350 g/mol. The lowest BCUT2D eigenvalue weighted by Crippen LogP contribution is -2.50. The molecule has 0 aliphatic carbocycles. The second-order valence-corrected chi connectivity index (χ2v) is 7.08. The van der Waals surface area contributed by atoms with Gasteiger partial charge in [0.05, 0.1) is 7.11 Å². The number of methoxy groups -OCH3 is 1. The van der Waals surface area contributed by atoms with Gasteiger partial charge in [-0.05, 0) is 60.1 Å². The van der Waals surface area contributed by atoms with E-state index in [0.29, 0.717) is 0 Å². The van der Waals surface area contributed by atoms with Gasteiger partial charge < -0.3 is 10.1 Å². The zero-order chi connectivity index (χ0) is 15.7. The Bertz CT molecular complexity index is 456. The SMILES string of the molecule is CCNC(C)(CCCCSc1ccccc1Br)C(=O)OC. The lowest BCUT2D eigenvalue weighted by molar-refractivity contribution is -0.148. The van der Waals surface area contributed by atoms with E-state index < -0.39 is 5.54 Å². The molecule has 21 heavy (non-hydrogen) atoms. The maximum Gasteiger partial charge on any atom is 0.325 e. The largest absolute Gasteiger partial charge is 0.468 e. The van der Waals surface area contributed by atoms with Crippen LogP contribution in [0.25, 0.3) is 0 Å². The Hall–Kier alpha value is -0.520. The van der Waals surface area contributed by atoms with Gasteiger partial charge >= 0.3 is 5.97 Å². The molecule has 0 amide bonds. The van der Waals surface area contributed by atoms with E-state index in [1.165, 1.54) is 12.0 Å². The maximum atomic E-state index is 11.9. The van der Waals surface area contributed by atoms with Crippen molar-refractivity contribution in [2.75, 3.05) is 19.4 Å². The predicted octanol–water partition coefficient (Wildman–Crippen LogP) is 4.25. The van der Waals surface area contributed by atoms with E-state index in [1.54, 1.807) is 0 Å². The second-order valence-electron chi connectivity index (χ2n) is 5.09. The molecule has 0 fully saturated rings. The number of nitrogens with one attached hydrogen (secondary N) is 1. The van der Waals surface area contributed by atoms with Crippen LogP contribution in [0.5, 0.6) is 0 Å². The van der Waals surface area contributed by atoms with E-state index >= 15 is 0 Å². The van der Waals surface area contributed by atoms with Gasteiger partial charge in [0, 0.05) is 9.37 Å². The van der Waals surface area contributed by atoms with Gasteiger partial charge in [0.15, 0.2) is 0 Å². The average Bonchev–Trinajstić information content (AvgIpc) is 2.48. The molecular formula is C16H24BrNO2S. The average molecular weight is 374 g/mol. The van der Waals surface area contributed by atoms with Crippen molar-refractivity contribution in [1.82, 2.24) is 5.32 Å². The van der Waals surface area contributed by atoms with Crippen molar-refractivity contribution in [3.63, 3.8) is 0 Å². The number of likely N-dealkylation sites (N-methyl/N-ethyl adjacent to an activating group) is 1. The highest BCUT2D eigenvalue weighted by Crippen LogP contribution is 2.28. The van der Waals surface area contributed by atoms with Crippen LogP contribution in [0, 0.1) is 0 Å². The third-order valence-electron chi connectivity index (χ3n) is 3.37. The molecule has 0 aromatic heterocycles. The first kappa shape index (κ1) is 18.5. The van der Waals surface area contributed by atoms with Crippen LogP contribution >= 0.6 is 27.7 Å². The van der Waals surface area contributed by atoms with E-state index in [2.05, 4.69) is 33.4 Å². The molecule has 0 radical (unpaired) electrons. The van der Waals surface area contributed by atoms with Crippen molar-refractivity contribution < 1.29 is 9.53 Å². The van der Waals surface area contributed by atoms with Gasteiger partial charge in [-0.15, -0.1) is 11.8 Å². The first-order valence-corrected chi connectivity index (χ1v) is 9.02. The number of halogens is 1. The molecule has 1 rings (SSSR count). The van der Waals surface area contributed by atoms with Gasteiger partial charge in [0.25, 0.3) is 0 Å². The van der Waals surface area contributed by atoms with Crippen molar-refractivity contribution in [3.05, 3.63) is 28.7 Å². The monoisotopic (exact) mass is 373 g/mol. The number of esters is 1. The molecule has 0 aliphatic rings. The number of hydrogen-bond donors (Lipinski definition) is 1. The number of thioether (sulfide) groups is 1. The molecule has 3 nitrogen and oxygen atoms in total. The Balaban J connectivity index is 2.35. The summed E-state index contributed by atoms with van der Waals surface area (Å²) in [5.41, 5.74) is -0.568. The van der Waals surface area contributed by atoms with Gasteiger partial charge in [0.2, 0.25) is 0 Å². The van der Waals surface area contributed by atoms with E-state index in [-0.39, 0.29) is 5.97 Å². The lowest BCUT2D eigenvalue weighted by Gasteiger charge is -2.27. The Labute approximate surface area is 140 Å². The minimum absolute atomic E-state index is 0.178. The summed E-state index contributed by atoms with van der Waals surface area (Å²) in [7, 11) is 1.45. The van der Waals surface area contributed by atoms with Crippen molar-refractivity contribution >= 4 is 33.7 Å². The van der Waals surface area contributed by atoms with Crippen LogP contribution in [0.4, 0.5) is 0 Å². The summed E-state index contributed by atoms with van der Waals surface area (Å²) in [6.07, 6.45) is 2.87.